The van der Waals surface area contributed by atoms with Crippen LogP contribution in [0.15, 0.2) is 30.3 Å². The van der Waals surface area contributed by atoms with Crippen molar-refractivity contribution in [3.63, 3.8) is 0 Å². The zero-order valence-electron chi connectivity index (χ0n) is 17.5. The van der Waals surface area contributed by atoms with E-state index in [1.54, 1.807) is 24.3 Å². The second kappa shape index (κ2) is 18.6. The minimum Gasteiger partial charge on any atom is -0.790 e. The van der Waals surface area contributed by atoms with E-state index in [4.69, 9.17) is 0 Å². The molecule has 1 atom stereocenters. The average molecular weight is 429 g/mol. The van der Waals surface area contributed by atoms with Crippen LogP contribution in [0.3, 0.4) is 0 Å². The number of hydrogen-bond acceptors (Lipinski definition) is 5. The molecule has 0 aliphatic rings. The van der Waals surface area contributed by atoms with E-state index in [0.717, 1.165) is 19.3 Å². The van der Waals surface area contributed by atoms with Crippen LogP contribution in [0.4, 0.5) is 0 Å². The van der Waals surface area contributed by atoms with Gasteiger partial charge in [0.25, 0.3) is 0 Å². The van der Waals surface area contributed by atoms with Gasteiger partial charge in [-0.2, -0.15) is 0 Å². The number of carbonyl (C=O) groups excluding carboxylic acids is 1. The molecule has 0 saturated heterocycles. The molecule has 0 aromatic heterocycles. The zero-order chi connectivity index (χ0) is 19.3. The summed E-state index contributed by atoms with van der Waals surface area (Å²) in [5.41, 5.74) is 0.699. The summed E-state index contributed by atoms with van der Waals surface area (Å²) >= 11 is 0. The molecule has 1 rings (SSSR count). The fraction of sp³-hybridized carbons (Fsp3) is 0.632. The van der Waals surface area contributed by atoms with Crippen molar-refractivity contribution in [2.24, 2.45) is 0 Å². The summed E-state index contributed by atoms with van der Waals surface area (Å²) < 4.78 is 15.1. The summed E-state index contributed by atoms with van der Waals surface area (Å²) in [4.78, 5) is 33.6. The fourth-order valence-corrected chi connectivity index (χ4v) is 3.09. The summed E-state index contributed by atoms with van der Waals surface area (Å²) in [6.07, 6.45) is 9.54. The topological polar surface area (TPSA) is 102 Å². The van der Waals surface area contributed by atoms with Crippen LogP contribution in [0.25, 0.3) is 0 Å². The first-order chi connectivity index (χ1) is 12.4. The maximum Gasteiger partial charge on any atom is 1.00 e. The molecular weight excluding hydrogens is 399 g/mol. The third-order valence-electron chi connectivity index (χ3n) is 4.19. The number of phosphoric ester groups is 1. The Balaban J connectivity index is 0. The maximum absolute atomic E-state index is 12.1. The van der Waals surface area contributed by atoms with E-state index in [2.05, 4.69) is 16.8 Å². The Kier molecular flexibility index (Phi) is 20.5. The van der Waals surface area contributed by atoms with Gasteiger partial charge in [-0.05, 0) is 12.0 Å². The number of hydrogen-bond donors (Lipinski definition) is 1. The number of rotatable bonds is 14. The quantitative estimate of drug-likeness (QED) is 0.196. The van der Waals surface area contributed by atoms with Gasteiger partial charge >= 0.3 is 59.1 Å². The van der Waals surface area contributed by atoms with Gasteiger partial charge in [0, 0.05) is 6.42 Å². The predicted octanol–water partition coefficient (Wildman–Crippen LogP) is -2.77. The van der Waals surface area contributed by atoms with E-state index in [0.29, 0.717) is 12.0 Å². The van der Waals surface area contributed by atoms with E-state index in [9.17, 15) is 19.1 Å². The molecular formula is C19H30NNa2O5P. The maximum atomic E-state index is 12.1. The van der Waals surface area contributed by atoms with E-state index < -0.39 is 20.5 Å². The van der Waals surface area contributed by atoms with Gasteiger partial charge in [0.15, 0.2) is 0 Å². The predicted molar refractivity (Wildman–Crippen MR) is 98.1 cm³/mol. The standard InChI is InChI=1S/C19H32NO5P.2Na/c1-2-3-4-5-6-7-8-12-15-19(21)20-18(16-25-26(22,23)24)17-13-10-9-11-14-17;;/h9-11,13-14,18H,2-8,12,15-16H2,1H3,(H,20,21)(H2,22,23,24);;/q;2*+1/p-2/t18-;;/m0../s1. The summed E-state index contributed by atoms with van der Waals surface area (Å²) in [6.45, 7) is 1.80. The van der Waals surface area contributed by atoms with Crippen molar-refractivity contribution >= 4 is 13.7 Å². The molecule has 6 nitrogen and oxygen atoms in total. The molecule has 0 heterocycles. The number of nitrogens with one attached hydrogen (secondary N) is 1. The smallest absolute Gasteiger partial charge is 0.790 e. The largest absolute Gasteiger partial charge is 1.00 e. The first kappa shape index (κ1) is 31.0. The van der Waals surface area contributed by atoms with Gasteiger partial charge in [0.1, 0.15) is 0 Å². The van der Waals surface area contributed by atoms with Gasteiger partial charge in [-0.3, -0.25) is 4.79 Å². The molecule has 0 unspecified atom stereocenters. The second-order valence-corrected chi connectivity index (χ2v) is 7.65. The van der Waals surface area contributed by atoms with Gasteiger partial charge < -0.3 is 24.2 Å². The molecule has 9 heteroatoms. The Morgan fingerprint density at radius 3 is 2.07 bits per heavy atom. The molecule has 1 aromatic rings. The van der Waals surface area contributed by atoms with Gasteiger partial charge in [-0.15, -0.1) is 0 Å². The van der Waals surface area contributed by atoms with Crippen molar-refractivity contribution in [1.29, 1.82) is 0 Å². The number of amides is 1. The van der Waals surface area contributed by atoms with E-state index in [1.807, 2.05) is 6.07 Å². The van der Waals surface area contributed by atoms with Gasteiger partial charge in [-0.25, -0.2) is 0 Å². The molecule has 0 aliphatic heterocycles. The molecule has 0 spiro atoms. The van der Waals surface area contributed by atoms with Crippen LogP contribution in [-0.2, 0) is 13.9 Å². The molecule has 1 amide bonds. The molecule has 0 saturated carbocycles. The Hall–Kier alpha value is 0.800. The number of phosphoric acid groups is 1. The Labute approximate surface area is 213 Å². The summed E-state index contributed by atoms with van der Waals surface area (Å²) in [5.74, 6) is -0.167. The van der Waals surface area contributed by atoms with Crippen molar-refractivity contribution in [3.05, 3.63) is 35.9 Å². The van der Waals surface area contributed by atoms with Crippen molar-refractivity contribution < 1.29 is 82.8 Å². The van der Waals surface area contributed by atoms with Crippen LogP contribution in [0.2, 0.25) is 0 Å². The van der Waals surface area contributed by atoms with Crippen LogP contribution < -0.4 is 74.2 Å². The molecule has 0 bridgehead atoms. The average Bonchev–Trinajstić information content (AvgIpc) is 2.61. The van der Waals surface area contributed by atoms with Gasteiger partial charge in [-0.1, -0.05) is 82.2 Å². The van der Waals surface area contributed by atoms with Gasteiger partial charge in [0.05, 0.1) is 20.5 Å². The van der Waals surface area contributed by atoms with E-state index in [-0.39, 0.29) is 65.0 Å². The molecule has 1 aromatic carbocycles. The number of carbonyl (C=O) groups is 1. The van der Waals surface area contributed by atoms with Crippen LogP contribution in [0.5, 0.6) is 0 Å². The Morgan fingerprint density at radius 1 is 1.00 bits per heavy atom. The van der Waals surface area contributed by atoms with Gasteiger partial charge in [0.2, 0.25) is 5.91 Å². The van der Waals surface area contributed by atoms with Crippen molar-refractivity contribution in [3.8, 4) is 0 Å². The molecule has 148 valence electrons. The normalized spacial score (nSPS) is 11.8. The van der Waals surface area contributed by atoms with Crippen molar-refractivity contribution in [2.45, 2.75) is 70.8 Å². The third kappa shape index (κ3) is 16.6. The monoisotopic (exact) mass is 429 g/mol. The molecule has 0 radical (unpaired) electrons. The summed E-state index contributed by atoms with van der Waals surface area (Å²) in [6, 6.07) is 8.22. The van der Waals surface area contributed by atoms with Crippen LogP contribution in [-0.4, -0.2) is 12.5 Å². The van der Waals surface area contributed by atoms with E-state index in [1.165, 1.54) is 32.1 Å². The minimum atomic E-state index is -5.08. The summed E-state index contributed by atoms with van der Waals surface area (Å²) in [5, 5.41) is 2.76. The zero-order valence-corrected chi connectivity index (χ0v) is 22.4. The number of benzene rings is 1. The Morgan fingerprint density at radius 2 is 1.54 bits per heavy atom. The first-order valence-electron chi connectivity index (χ1n) is 9.43. The third-order valence-corrected chi connectivity index (χ3v) is 4.66. The summed E-state index contributed by atoms with van der Waals surface area (Å²) in [7, 11) is -5.08. The Bertz CT molecular complexity index is 557. The fourth-order valence-electron chi connectivity index (χ4n) is 2.76. The van der Waals surface area contributed by atoms with Crippen molar-refractivity contribution in [1.82, 2.24) is 5.32 Å². The van der Waals surface area contributed by atoms with Crippen molar-refractivity contribution in [2.75, 3.05) is 6.61 Å². The SMILES string of the molecule is CCCCCCCCCCC(=O)N[C@@H](COP(=O)([O-])[O-])c1ccccc1.[Na+].[Na+]. The minimum absolute atomic E-state index is 0. The first-order valence-corrected chi connectivity index (χ1v) is 10.9. The van der Waals surface area contributed by atoms with Crippen LogP contribution in [0.1, 0.15) is 76.3 Å². The van der Waals surface area contributed by atoms with Crippen LogP contribution >= 0.6 is 7.82 Å². The molecule has 28 heavy (non-hydrogen) atoms. The van der Waals surface area contributed by atoms with Crippen LogP contribution in [0, 0.1) is 0 Å². The molecule has 0 aliphatic carbocycles. The van der Waals surface area contributed by atoms with E-state index >= 15 is 0 Å². The molecule has 1 N–H and O–H groups in total. The second-order valence-electron chi connectivity index (χ2n) is 6.50. The number of unbranched alkanes of at least 4 members (excludes halogenated alkanes) is 7. The molecule has 0 fully saturated rings.